The van der Waals surface area contributed by atoms with E-state index in [2.05, 4.69) is 13.8 Å². The van der Waals surface area contributed by atoms with Crippen LogP contribution >= 0.6 is 0 Å². The Balaban J connectivity index is 3.07. The monoisotopic (exact) mass is 186 g/mol. The van der Waals surface area contributed by atoms with E-state index in [4.69, 9.17) is 0 Å². The van der Waals surface area contributed by atoms with Crippen LogP contribution in [0.2, 0.25) is 0 Å². The molecule has 0 saturated heterocycles. The van der Waals surface area contributed by atoms with Crippen molar-refractivity contribution in [3.05, 3.63) is 0 Å². The highest BCUT2D eigenvalue weighted by molar-refractivity contribution is 4.59. The molecule has 0 heterocycles. The first-order valence-corrected chi connectivity index (χ1v) is 5.86. The van der Waals surface area contributed by atoms with Crippen LogP contribution < -0.4 is 0 Å². The van der Waals surface area contributed by atoms with Crippen LogP contribution in [-0.4, -0.2) is 11.2 Å². The average molecular weight is 186 g/mol. The van der Waals surface area contributed by atoms with Crippen molar-refractivity contribution in [1.82, 2.24) is 0 Å². The van der Waals surface area contributed by atoms with Crippen molar-refractivity contribution in [2.45, 2.75) is 71.8 Å². The Labute approximate surface area is 83.5 Å². The summed E-state index contributed by atoms with van der Waals surface area (Å²) >= 11 is 0. The van der Waals surface area contributed by atoms with Crippen LogP contribution in [0.25, 0.3) is 0 Å². The minimum Gasteiger partial charge on any atom is -0.393 e. The second-order valence-corrected chi connectivity index (χ2v) is 4.27. The Morgan fingerprint density at radius 2 is 1.46 bits per heavy atom. The van der Waals surface area contributed by atoms with Crippen molar-refractivity contribution in [3.63, 3.8) is 0 Å². The van der Waals surface area contributed by atoms with Crippen LogP contribution in [0.4, 0.5) is 0 Å². The summed E-state index contributed by atoms with van der Waals surface area (Å²) in [5.74, 6) is 0.478. The van der Waals surface area contributed by atoms with Crippen LogP contribution in [-0.2, 0) is 0 Å². The molecule has 0 amide bonds. The molecular formula is C12H26O. The van der Waals surface area contributed by atoms with Gasteiger partial charge in [-0.1, -0.05) is 52.4 Å². The maximum Gasteiger partial charge on any atom is 0.0537 e. The molecular weight excluding hydrogens is 160 g/mol. The van der Waals surface area contributed by atoms with Gasteiger partial charge in [-0.3, -0.25) is 0 Å². The summed E-state index contributed by atoms with van der Waals surface area (Å²) in [5, 5.41) is 9.26. The van der Waals surface area contributed by atoms with E-state index < -0.39 is 0 Å². The first-order chi connectivity index (χ1) is 6.18. The first kappa shape index (κ1) is 13.0. The number of aliphatic hydroxyl groups is 1. The molecule has 0 fully saturated rings. The molecule has 0 aliphatic carbocycles. The van der Waals surface area contributed by atoms with E-state index in [9.17, 15) is 5.11 Å². The molecule has 0 aromatic rings. The average Bonchev–Trinajstić information content (AvgIpc) is 2.10. The molecule has 0 unspecified atom stereocenters. The van der Waals surface area contributed by atoms with Gasteiger partial charge in [0.05, 0.1) is 6.10 Å². The number of unbranched alkanes of at least 4 members (excludes halogenated alkanes) is 5. The Morgan fingerprint density at radius 3 is 2.00 bits per heavy atom. The molecule has 0 rings (SSSR count). The molecule has 1 nitrogen and oxygen atoms in total. The van der Waals surface area contributed by atoms with Gasteiger partial charge in [-0.25, -0.2) is 0 Å². The van der Waals surface area contributed by atoms with E-state index in [0.29, 0.717) is 5.92 Å². The van der Waals surface area contributed by atoms with Crippen molar-refractivity contribution in [1.29, 1.82) is 0 Å². The minimum absolute atomic E-state index is 0.129. The Kier molecular flexibility index (Phi) is 8.53. The lowest BCUT2D eigenvalue weighted by Crippen LogP contribution is -2.12. The third-order valence-corrected chi connectivity index (χ3v) is 2.84. The maximum absolute atomic E-state index is 9.26. The zero-order valence-corrected chi connectivity index (χ0v) is 9.55. The summed E-state index contributed by atoms with van der Waals surface area (Å²) in [7, 11) is 0. The molecule has 2 atom stereocenters. The van der Waals surface area contributed by atoms with E-state index in [0.717, 1.165) is 0 Å². The van der Waals surface area contributed by atoms with Gasteiger partial charge in [-0.05, 0) is 19.3 Å². The lowest BCUT2D eigenvalue weighted by molar-refractivity contribution is 0.128. The molecule has 0 saturated carbocycles. The van der Waals surface area contributed by atoms with Crippen LogP contribution in [0, 0.1) is 5.92 Å². The minimum atomic E-state index is -0.129. The molecule has 80 valence electrons. The topological polar surface area (TPSA) is 20.2 Å². The van der Waals surface area contributed by atoms with Crippen molar-refractivity contribution >= 4 is 0 Å². The number of hydrogen-bond donors (Lipinski definition) is 1. The zero-order valence-electron chi connectivity index (χ0n) is 9.55. The van der Waals surface area contributed by atoms with Gasteiger partial charge in [0.15, 0.2) is 0 Å². The largest absolute Gasteiger partial charge is 0.393 e. The highest BCUT2D eigenvalue weighted by Crippen LogP contribution is 2.14. The zero-order chi connectivity index (χ0) is 10.1. The Bertz CT molecular complexity index is 99.3. The van der Waals surface area contributed by atoms with Crippen LogP contribution in [0.15, 0.2) is 0 Å². The van der Waals surface area contributed by atoms with E-state index in [-0.39, 0.29) is 6.10 Å². The second kappa shape index (κ2) is 8.55. The first-order valence-electron chi connectivity index (χ1n) is 5.86. The van der Waals surface area contributed by atoms with Gasteiger partial charge in [0.1, 0.15) is 0 Å². The number of aliphatic hydroxyl groups excluding tert-OH is 1. The van der Waals surface area contributed by atoms with E-state index in [1.165, 1.54) is 44.9 Å². The maximum atomic E-state index is 9.26. The van der Waals surface area contributed by atoms with Crippen molar-refractivity contribution in [2.75, 3.05) is 0 Å². The lowest BCUT2D eigenvalue weighted by Gasteiger charge is -2.13. The van der Waals surface area contributed by atoms with Crippen LogP contribution in [0.1, 0.15) is 65.7 Å². The van der Waals surface area contributed by atoms with Gasteiger partial charge < -0.3 is 5.11 Å². The summed E-state index contributed by atoms with van der Waals surface area (Å²) in [6.07, 6.45) is 9.16. The van der Waals surface area contributed by atoms with Gasteiger partial charge in [-0.15, -0.1) is 0 Å². The summed E-state index contributed by atoms with van der Waals surface area (Å²) < 4.78 is 0. The molecule has 1 N–H and O–H groups in total. The third kappa shape index (κ3) is 8.29. The van der Waals surface area contributed by atoms with Crippen LogP contribution in [0.5, 0.6) is 0 Å². The molecule has 0 radical (unpaired) electrons. The van der Waals surface area contributed by atoms with E-state index in [1.807, 2.05) is 6.92 Å². The summed E-state index contributed by atoms with van der Waals surface area (Å²) in [6.45, 7) is 6.27. The van der Waals surface area contributed by atoms with Crippen molar-refractivity contribution in [3.8, 4) is 0 Å². The normalized spacial score (nSPS) is 15.7. The van der Waals surface area contributed by atoms with Gasteiger partial charge in [0.25, 0.3) is 0 Å². The fourth-order valence-electron chi connectivity index (χ4n) is 1.49. The summed E-state index contributed by atoms with van der Waals surface area (Å²) in [4.78, 5) is 0. The summed E-state index contributed by atoms with van der Waals surface area (Å²) in [6, 6.07) is 0. The molecule has 0 aromatic heterocycles. The van der Waals surface area contributed by atoms with E-state index in [1.54, 1.807) is 0 Å². The predicted octanol–water partition coefficient (Wildman–Crippen LogP) is 3.75. The smallest absolute Gasteiger partial charge is 0.0537 e. The molecule has 0 aromatic carbocycles. The molecule has 1 heteroatoms. The molecule has 0 aliphatic heterocycles. The van der Waals surface area contributed by atoms with Gasteiger partial charge >= 0.3 is 0 Å². The van der Waals surface area contributed by atoms with Gasteiger partial charge in [-0.2, -0.15) is 0 Å². The van der Waals surface area contributed by atoms with Gasteiger partial charge in [0, 0.05) is 0 Å². The molecule has 0 spiro atoms. The van der Waals surface area contributed by atoms with Crippen molar-refractivity contribution < 1.29 is 5.11 Å². The Hall–Kier alpha value is -0.0400. The predicted molar refractivity (Wildman–Crippen MR) is 58.8 cm³/mol. The Morgan fingerprint density at radius 1 is 0.923 bits per heavy atom. The third-order valence-electron chi connectivity index (χ3n) is 2.84. The van der Waals surface area contributed by atoms with E-state index >= 15 is 0 Å². The molecule has 0 aliphatic rings. The quantitative estimate of drug-likeness (QED) is 0.572. The fraction of sp³-hybridized carbons (Fsp3) is 1.00. The fourth-order valence-corrected chi connectivity index (χ4v) is 1.49. The highest BCUT2D eigenvalue weighted by atomic mass is 16.3. The van der Waals surface area contributed by atoms with Gasteiger partial charge in [0.2, 0.25) is 0 Å². The van der Waals surface area contributed by atoms with Crippen molar-refractivity contribution in [2.24, 2.45) is 5.92 Å². The standard InChI is InChI=1S/C12H26O/c1-4-5-6-7-8-9-10-11(2)12(3)13/h11-13H,4-10H2,1-3H3/t11-,12+/m1/s1. The molecule has 13 heavy (non-hydrogen) atoms. The summed E-state index contributed by atoms with van der Waals surface area (Å²) in [5.41, 5.74) is 0. The molecule has 0 bridgehead atoms. The second-order valence-electron chi connectivity index (χ2n) is 4.27. The number of rotatable bonds is 8. The van der Waals surface area contributed by atoms with Crippen LogP contribution in [0.3, 0.4) is 0 Å². The highest BCUT2D eigenvalue weighted by Gasteiger charge is 2.07. The number of hydrogen-bond acceptors (Lipinski definition) is 1. The SMILES string of the molecule is CCCCCCCC[C@@H](C)[C@H](C)O. The lowest BCUT2D eigenvalue weighted by atomic mass is 9.98.